The van der Waals surface area contributed by atoms with Crippen molar-refractivity contribution in [2.45, 2.75) is 24.8 Å². The lowest BCUT2D eigenvalue weighted by Gasteiger charge is -2.14. The fourth-order valence-corrected chi connectivity index (χ4v) is 3.15. The van der Waals surface area contributed by atoms with Gasteiger partial charge in [0.05, 0.1) is 13.2 Å². The van der Waals surface area contributed by atoms with Crippen molar-refractivity contribution in [2.24, 2.45) is 0 Å². The van der Waals surface area contributed by atoms with Crippen LogP contribution in [-0.2, 0) is 10.0 Å². The average molecular weight is 417 g/mol. The number of benzene rings is 2. The monoisotopic (exact) mass is 416 g/mol. The van der Waals surface area contributed by atoms with Crippen molar-refractivity contribution >= 4 is 27.5 Å². The second-order valence-corrected chi connectivity index (χ2v) is 7.75. The molecule has 146 valence electrons. The van der Waals surface area contributed by atoms with Crippen LogP contribution in [0, 0.1) is 5.82 Å². The highest BCUT2D eigenvalue weighted by atomic mass is 35.5. The molecule has 1 amide bonds. The van der Waals surface area contributed by atoms with Crippen LogP contribution in [0.25, 0.3) is 0 Å². The molecule has 2 N–H and O–H groups in total. The second-order valence-electron chi connectivity index (χ2n) is 5.67. The van der Waals surface area contributed by atoms with Gasteiger partial charge in [-0.2, -0.15) is 0 Å². The molecule has 0 heterocycles. The van der Waals surface area contributed by atoms with E-state index in [9.17, 15) is 17.6 Å². The van der Waals surface area contributed by atoms with Gasteiger partial charge in [-0.1, -0.05) is 11.6 Å². The van der Waals surface area contributed by atoms with Crippen molar-refractivity contribution in [3.05, 3.63) is 52.8 Å². The summed E-state index contributed by atoms with van der Waals surface area (Å²) in [7, 11) is -2.91. The van der Waals surface area contributed by atoms with Crippen LogP contribution in [0.5, 0.6) is 11.5 Å². The molecule has 0 spiro atoms. The molecule has 0 unspecified atom stereocenters. The summed E-state index contributed by atoms with van der Waals surface area (Å²) >= 11 is 5.60. The van der Waals surface area contributed by atoms with Gasteiger partial charge in [0, 0.05) is 10.6 Å². The highest BCUT2D eigenvalue weighted by molar-refractivity contribution is 7.89. The Hall–Kier alpha value is -2.36. The van der Waals surface area contributed by atoms with Gasteiger partial charge in [0.15, 0.2) is 11.5 Å². The van der Waals surface area contributed by atoms with Crippen LogP contribution in [0.1, 0.15) is 24.2 Å². The van der Waals surface area contributed by atoms with Crippen LogP contribution in [0.2, 0.25) is 5.02 Å². The SMILES string of the molecule is COc1cc(C(=O)NNS(=O)(=O)c2ccc(Cl)cc2F)ccc1OC(C)C. The maximum Gasteiger partial charge on any atom is 0.266 e. The lowest BCUT2D eigenvalue weighted by Crippen LogP contribution is -2.41. The highest BCUT2D eigenvalue weighted by Crippen LogP contribution is 2.29. The lowest BCUT2D eigenvalue weighted by molar-refractivity contribution is 0.0944. The van der Waals surface area contributed by atoms with Crippen molar-refractivity contribution in [2.75, 3.05) is 7.11 Å². The topological polar surface area (TPSA) is 93.7 Å². The van der Waals surface area contributed by atoms with E-state index in [1.54, 1.807) is 0 Å². The normalized spacial score (nSPS) is 11.3. The van der Waals surface area contributed by atoms with E-state index in [1.165, 1.54) is 31.4 Å². The minimum absolute atomic E-state index is 0.0475. The predicted octanol–water partition coefficient (Wildman–Crippen LogP) is 2.90. The molecule has 0 radical (unpaired) electrons. The number of hydrogen-bond donors (Lipinski definition) is 2. The third-order valence-corrected chi connectivity index (χ3v) is 4.79. The Morgan fingerprint density at radius 3 is 2.44 bits per heavy atom. The summed E-state index contributed by atoms with van der Waals surface area (Å²) in [5, 5.41) is 0.0475. The zero-order valence-corrected chi connectivity index (χ0v) is 16.3. The summed E-state index contributed by atoms with van der Waals surface area (Å²) in [4.78, 5) is 13.4. The quantitative estimate of drug-likeness (QED) is 0.677. The van der Waals surface area contributed by atoms with Crippen molar-refractivity contribution in [3.8, 4) is 11.5 Å². The van der Waals surface area contributed by atoms with E-state index in [4.69, 9.17) is 21.1 Å². The Kier molecular flexibility index (Phi) is 6.63. The third kappa shape index (κ3) is 5.31. The van der Waals surface area contributed by atoms with Crippen LogP contribution in [0.15, 0.2) is 41.3 Å². The fraction of sp³-hybridized carbons (Fsp3) is 0.235. The summed E-state index contributed by atoms with van der Waals surface area (Å²) in [6.45, 7) is 3.68. The van der Waals surface area contributed by atoms with Crippen molar-refractivity contribution in [3.63, 3.8) is 0 Å². The summed E-state index contributed by atoms with van der Waals surface area (Å²) in [6.07, 6.45) is -0.0975. The smallest absolute Gasteiger partial charge is 0.266 e. The van der Waals surface area contributed by atoms with E-state index in [0.717, 1.165) is 12.1 Å². The van der Waals surface area contributed by atoms with Crippen LogP contribution < -0.4 is 19.7 Å². The van der Waals surface area contributed by atoms with E-state index < -0.39 is 26.6 Å². The Labute approximate surface area is 161 Å². The van der Waals surface area contributed by atoms with Gasteiger partial charge in [-0.15, -0.1) is 4.83 Å². The Morgan fingerprint density at radius 1 is 1.15 bits per heavy atom. The zero-order chi connectivity index (χ0) is 20.2. The molecule has 27 heavy (non-hydrogen) atoms. The molecule has 0 saturated heterocycles. The standard InChI is InChI=1S/C17H18ClFN2O5S/c1-10(2)26-14-6-4-11(8-15(14)25-3)17(22)20-21-27(23,24)16-7-5-12(18)9-13(16)19/h4-10,21H,1-3H3,(H,20,22). The predicted molar refractivity (Wildman–Crippen MR) is 98.0 cm³/mol. The van der Waals surface area contributed by atoms with Crippen LogP contribution in [0.4, 0.5) is 4.39 Å². The molecule has 10 heteroatoms. The van der Waals surface area contributed by atoms with E-state index >= 15 is 0 Å². The maximum absolute atomic E-state index is 13.8. The first-order valence-corrected chi connectivity index (χ1v) is 9.62. The van der Waals surface area contributed by atoms with Crippen molar-refractivity contribution < 1.29 is 27.1 Å². The molecule has 0 atom stereocenters. The van der Waals surface area contributed by atoms with E-state index in [-0.39, 0.29) is 16.7 Å². The highest BCUT2D eigenvalue weighted by Gasteiger charge is 2.21. The largest absolute Gasteiger partial charge is 0.493 e. The van der Waals surface area contributed by atoms with Gasteiger partial charge in [0.1, 0.15) is 10.7 Å². The van der Waals surface area contributed by atoms with Gasteiger partial charge in [0.25, 0.3) is 15.9 Å². The van der Waals surface area contributed by atoms with Gasteiger partial charge in [-0.25, -0.2) is 12.8 Å². The fourth-order valence-electron chi connectivity index (χ4n) is 2.09. The van der Waals surface area contributed by atoms with Crippen LogP contribution in [-0.4, -0.2) is 27.5 Å². The van der Waals surface area contributed by atoms with E-state index in [0.29, 0.717) is 11.5 Å². The number of hydrogen-bond acceptors (Lipinski definition) is 5. The second kappa shape index (κ2) is 8.55. The van der Waals surface area contributed by atoms with Crippen LogP contribution in [0.3, 0.4) is 0 Å². The van der Waals surface area contributed by atoms with Crippen molar-refractivity contribution in [1.82, 2.24) is 10.3 Å². The Morgan fingerprint density at radius 2 is 1.85 bits per heavy atom. The molecular weight excluding hydrogens is 399 g/mol. The molecule has 0 bridgehead atoms. The molecule has 0 fully saturated rings. The first kappa shape index (κ1) is 20.9. The van der Waals surface area contributed by atoms with E-state index in [2.05, 4.69) is 0 Å². The number of carbonyl (C=O) groups is 1. The number of amides is 1. The Bertz CT molecular complexity index is 950. The number of halogens is 2. The number of ether oxygens (including phenoxy) is 2. The minimum atomic E-state index is -4.32. The molecule has 2 aromatic carbocycles. The number of methoxy groups -OCH3 is 1. The Balaban J connectivity index is 2.15. The molecule has 0 aliphatic heterocycles. The molecule has 0 aliphatic rings. The number of nitrogens with one attached hydrogen (secondary N) is 2. The molecule has 7 nitrogen and oxygen atoms in total. The molecular formula is C17H18ClFN2O5S. The molecule has 0 saturated carbocycles. The maximum atomic E-state index is 13.8. The lowest BCUT2D eigenvalue weighted by atomic mass is 10.2. The van der Waals surface area contributed by atoms with Gasteiger partial charge in [-0.05, 0) is 50.2 Å². The average Bonchev–Trinajstić information content (AvgIpc) is 2.59. The number of hydrazine groups is 1. The first-order valence-electron chi connectivity index (χ1n) is 7.76. The summed E-state index contributed by atoms with van der Waals surface area (Å²) in [5.41, 5.74) is 2.13. The summed E-state index contributed by atoms with van der Waals surface area (Å²) < 4.78 is 48.8. The number of carbonyl (C=O) groups excluding carboxylic acids is 1. The third-order valence-electron chi connectivity index (χ3n) is 3.27. The van der Waals surface area contributed by atoms with Gasteiger partial charge >= 0.3 is 0 Å². The molecule has 2 rings (SSSR count). The number of rotatable bonds is 7. The summed E-state index contributed by atoms with van der Waals surface area (Å²) in [6, 6.07) is 7.43. The van der Waals surface area contributed by atoms with Gasteiger partial charge < -0.3 is 9.47 Å². The van der Waals surface area contributed by atoms with Crippen molar-refractivity contribution in [1.29, 1.82) is 0 Å². The van der Waals surface area contributed by atoms with Crippen LogP contribution >= 0.6 is 11.6 Å². The van der Waals surface area contributed by atoms with Gasteiger partial charge in [-0.3, -0.25) is 10.2 Å². The zero-order valence-electron chi connectivity index (χ0n) is 14.7. The first-order chi connectivity index (χ1) is 12.6. The molecule has 0 aliphatic carbocycles. The molecule has 0 aromatic heterocycles. The van der Waals surface area contributed by atoms with E-state index in [1.807, 2.05) is 24.1 Å². The minimum Gasteiger partial charge on any atom is -0.493 e. The summed E-state index contributed by atoms with van der Waals surface area (Å²) in [5.74, 6) is -1.06. The molecule has 2 aromatic rings. The number of sulfonamides is 1. The van der Waals surface area contributed by atoms with Gasteiger partial charge in [0.2, 0.25) is 0 Å².